The van der Waals surface area contributed by atoms with Crippen LogP contribution in [0.5, 0.6) is 0 Å². The summed E-state index contributed by atoms with van der Waals surface area (Å²) in [6.45, 7) is 0.651. The molecular weight excluding hydrogens is 278 g/mol. The third-order valence-electron chi connectivity index (χ3n) is 2.53. The number of halogens is 1. The molecule has 0 radical (unpaired) electrons. The van der Waals surface area contributed by atoms with E-state index < -0.39 is 0 Å². The Labute approximate surface area is 122 Å². The molecule has 0 aliphatic carbocycles. The Morgan fingerprint density at radius 1 is 1.05 bits per heavy atom. The molecule has 0 amide bonds. The molecule has 0 saturated carbocycles. The van der Waals surface area contributed by atoms with Crippen LogP contribution in [0.15, 0.2) is 48.5 Å². The van der Waals surface area contributed by atoms with E-state index in [2.05, 4.69) is 10.6 Å². The van der Waals surface area contributed by atoms with Crippen LogP contribution in [0.1, 0.15) is 5.56 Å². The molecule has 0 atom stereocenters. The molecule has 3 nitrogen and oxygen atoms in total. The molecule has 5 heteroatoms. The zero-order valence-corrected chi connectivity index (χ0v) is 11.8. The zero-order valence-electron chi connectivity index (χ0n) is 10.2. The lowest BCUT2D eigenvalue weighted by atomic mass is 10.2. The van der Waals surface area contributed by atoms with Gasteiger partial charge in [-0.15, -0.1) is 0 Å². The molecule has 0 bridgehead atoms. The van der Waals surface area contributed by atoms with Crippen molar-refractivity contribution in [2.24, 2.45) is 0 Å². The first-order valence-corrected chi connectivity index (χ1v) is 6.57. The molecule has 2 aromatic rings. The van der Waals surface area contributed by atoms with Gasteiger partial charge in [-0.05, 0) is 54.2 Å². The number of hydrogen-bond acceptors (Lipinski definition) is 2. The van der Waals surface area contributed by atoms with Gasteiger partial charge in [-0.3, -0.25) is 0 Å². The molecule has 2 aromatic carbocycles. The van der Waals surface area contributed by atoms with Gasteiger partial charge in [-0.1, -0.05) is 23.7 Å². The minimum atomic E-state index is 0.569. The van der Waals surface area contributed by atoms with E-state index in [9.17, 15) is 0 Å². The molecule has 4 N–H and O–H groups in total. The van der Waals surface area contributed by atoms with E-state index in [1.54, 1.807) is 0 Å². The highest BCUT2D eigenvalue weighted by atomic mass is 35.5. The molecule has 0 spiro atoms. The fourth-order valence-corrected chi connectivity index (χ4v) is 1.84. The number of nitrogen functional groups attached to an aromatic ring is 1. The number of rotatable bonds is 3. The second-order valence-electron chi connectivity index (χ2n) is 4.06. The molecule has 98 valence electrons. The van der Waals surface area contributed by atoms with Crippen LogP contribution in [-0.2, 0) is 6.54 Å². The summed E-state index contributed by atoms with van der Waals surface area (Å²) in [4.78, 5) is 0. The molecule has 0 aliphatic heterocycles. The summed E-state index contributed by atoms with van der Waals surface area (Å²) >= 11 is 11.0. The summed E-state index contributed by atoms with van der Waals surface area (Å²) in [5.74, 6) is 0. The summed E-state index contributed by atoms with van der Waals surface area (Å²) in [5.41, 5.74) is 8.37. The van der Waals surface area contributed by atoms with Crippen LogP contribution in [0.2, 0.25) is 5.02 Å². The molecule has 0 fully saturated rings. The summed E-state index contributed by atoms with van der Waals surface area (Å²) < 4.78 is 0. The Bertz CT molecular complexity index is 552. The summed E-state index contributed by atoms with van der Waals surface area (Å²) in [7, 11) is 0. The molecule has 0 heterocycles. The van der Waals surface area contributed by atoms with E-state index in [4.69, 9.17) is 29.6 Å². The Kier molecular flexibility index (Phi) is 4.60. The van der Waals surface area contributed by atoms with Crippen LogP contribution in [0.4, 0.5) is 11.4 Å². The van der Waals surface area contributed by atoms with Gasteiger partial charge in [-0.2, -0.15) is 0 Å². The quantitative estimate of drug-likeness (QED) is 0.599. The van der Waals surface area contributed by atoms with Gasteiger partial charge in [0.05, 0.1) is 0 Å². The predicted octanol–water partition coefficient (Wildman–Crippen LogP) is 3.41. The van der Waals surface area contributed by atoms with Gasteiger partial charge in [-0.25, -0.2) is 0 Å². The Hall–Kier alpha value is -1.78. The van der Waals surface area contributed by atoms with Crippen molar-refractivity contribution in [1.82, 2.24) is 5.32 Å². The maximum Gasteiger partial charge on any atom is 0.171 e. The smallest absolute Gasteiger partial charge is 0.171 e. The predicted molar refractivity (Wildman–Crippen MR) is 85.4 cm³/mol. The maximum absolute atomic E-state index is 5.83. The van der Waals surface area contributed by atoms with Crippen LogP contribution in [0.3, 0.4) is 0 Å². The standard InChI is InChI=1S/C14H14ClN3S/c15-11-3-1-10(2-4-11)9-17-14(19)18-13-7-5-12(16)6-8-13/h1-8H,9,16H2,(H2,17,18,19). The Morgan fingerprint density at radius 2 is 1.68 bits per heavy atom. The highest BCUT2D eigenvalue weighted by Gasteiger charge is 1.98. The molecular formula is C14H14ClN3S. The summed E-state index contributed by atoms with van der Waals surface area (Å²) in [5, 5.41) is 7.51. The summed E-state index contributed by atoms with van der Waals surface area (Å²) in [6, 6.07) is 15.0. The van der Waals surface area contributed by atoms with E-state index in [1.165, 1.54) is 0 Å². The second-order valence-corrected chi connectivity index (χ2v) is 4.90. The number of hydrogen-bond donors (Lipinski definition) is 3. The maximum atomic E-state index is 5.83. The first-order chi connectivity index (χ1) is 9.13. The van der Waals surface area contributed by atoms with Crippen LogP contribution >= 0.6 is 23.8 Å². The molecule has 2 rings (SSSR count). The van der Waals surface area contributed by atoms with E-state index >= 15 is 0 Å². The zero-order chi connectivity index (χ0) is 13.7. The van der Waals surface area contributed by atoms with Crippen molar-refractivity contribution in [3.63, 3.8) is 0 Å². The van der Waals surface area contributed by atoms with Crippen LogP contribution in [0, 0.1) is 0 Å². The Morgan fingerprint density at radius 3 is 2.32 bits per heavy atom. The fraction of sp³-hybridized carbons (Fsp3) is 0.0714. The van der Waals surface area contributed by atoms with E-state index in [0.29, 0.717) is 11.7 Å². The SMILES string of the molecule is Nc1ccc(NC(=S)NCc2ccc(Cl)cc2)cc1. The number of thiocarbonyl (C=S) groups is 1. The Balaban J connectivity index is 1.84. The monoisotopic (exact) mass is 291 g/mol. The van der Waals surface area contributed by atoms with Gasteiger partial charge in [0.2, 0.25) is 0 Å². The molecule has 0 aliphatic rings. The number of anilines is 2. The first-order valence-electron chi connectivity index (χ1n) is 5.78. The minimum Gasteiger partial charge on any atom is -0.399 e. The van der Waals surface area contributed by atoms with E-state index in [0.717, 1.165) is 22.0 Å². The highest BCUT2D eigenvalue weighted by Crippen LogP contribution is 2.11. The lowest BCUT2D eigenvalue weighted by Crippen LogP contribution is -2.27. The molecule has 0 unspecified atom stereocenters. The average Bonchev–Trinajstić information content (AvgIpc) is 2.41. The largest absolute Gasteiger partial charge is 0.399 e. The van der Waals surface area contributed by atoms with Crippen molar-refractivity contribution in [1.29, 1.82) is 0 Å². The van der Waals surface area contributed by atoms with Crippen molar-refractivity contribution in [3.05, 3.63) is 59.1 Å². The van der Waals surface area contributed by atoms with Gasteiger partial charge < -0.3 is 16.4 Å². The fourth-order valence-electron chi connectivity index (χ4n) is 1.53. The number of nitrogens with one attached hydrogen (secondary N) is 2. The number of nitrogens with two attached hydrogens (primary N) is 1. The third-order valence-corrected chi connectivity index (χ3v) is 3.03. The van der Waals surface area contributed by atoms with Gasteiger partial charge in [0.25, 0.3) is 0 Å². The van der Waals surface area contributed by atoms with Crippen LogP contribution < -0.4 is 16.4 Å². The van der Waals surface area contributed by atoms with Crippen molar-refractivity contribution < 1.29 is 0 Å². The highest BCUT2D eigenvalue weighted by molar-refractivity contribution is 7.80. The van der Waals surface area contributed by atoms with E-state index in [1.807, 2.05) is 48.5 Å². The molecule has 19 heavy (non-hydrogen) atoms. The van der Waals surface area contributed by atoms with Crippen molar-refractivity contribution in [2.75, 3.05) is 11.1 Å². The van der Waals surface area contributed by atoms with Crippen LogP contribution in [0.25, 0.3) is 0 Å². The first kappa shape index (κ1) is 13.6. The van der Waals surface area contributed by atoms with Crippen molar-refractivity contribution >= 4 is 40.3 Å². The number of benzene rings is 2. The second kappa shape index (κ2) is 6.41. The normalized spacial score (nSPS) is 9.95. The average molecular weight is 292 g/mol. The van der Waals surface area contributed by atoms with Crippen LogP contribution in [-0.4, -0.2) is 5.11 Å². The van der Waals surface area contributed by atoms with Crippen molar-refractivity contribution in [3.8, 4) is 0 Å². The summed E-state index contributed by atoms with van der Waals surface area (Å²) in [6.07, 6.45) is 0. The lowest BCUT2D eigenvalue weighted by Gasteiger charge is -2.10. The lowest BCUT2D eigenvalue weighted by molar-refractivity contribution is 0.926. The third kappa shape index (κ3) is 4.43. The van der Waals surface area contributed by atoms with E-state index in [-0.39, 0.29) is 0 Å². The van der Waals surface area contributed by atoms with Crippen molar-refractivity contribution in [2.45, 2.75) is 6.54 Å². The van der Waals surface area contributed by atoms with Gasteiger partial charge in [0, 0.05) is 22.9 Å². The minimum absolute atomic E-state index is 0.569. The van der Waals surface area contributed by atoms with Gasteiger partial charge >= 0.3 is 0 Å². The molecule has 0 saturated heterocycles. The molecule has 0 aromatic heterocycles. The van der Waals surface area contributed by atoms with Gasteiger partial charge in [0.1, 0.15) is 0 Å². The van der Waals surface area contributed by atoms with Gasteiger partial charge in [0.15, 0.2) is 5.11 Å². The topological polar surface area (TPSA) is 50.1 Å².